The minimum Gasteiger partial charge on any atom is -0.370 e. The van der Waals surface area contributed by atoms with Crippen molar-refractivity contribution in [3.63, 3.8) is 0 Å². The van der Waals surface area contributed by atoms with E-state index in [9.17, 15) is 0 Å². The van der Waals surface area contributed by atoms with E-state index >= 15 is 0 Å². The maximum atomic E-state index is 5.46. The Hall–Kier alpha value is -0.0400. The van der Waals surface area contributed by atoms with Gasteiger partial charge in [-0.05, 0) is 12.8 Å². The predicted molar refractivity (Wildman–Crippen MR) is 43.1 cm³/mol. The summed E-state index contributed by atoms with van der Waals surface area (Å²) in [7, 11) is 0. The molecular formula is C9H18O. The van der Waals surface area contributed by atoms with Crippen molar-refractivity contribution in [2.24, 2.45) is 0 Å². The summed E-state index contributed by atoms with van der Waals surface area (Å²) in [4.78, 5) is 0. The van der Waals surface area contributed by atoms with E-state index in [1.165, 1.54) is 32.1 Å². The fourth-order valence-corrected chi connectivity index (χ4v) is 1.38. The monoisotopic (exact) mass is 142 g/mol. The van der Waals surface area contributed by atoms with Gasteiger partial charge >= 0.3 is 0 Å². The summed E-state index contributed by atoms with van der Waals surface area (Å²) in [6.07, 6.45) is 7.75. The SMILES string of the molecule is CCCCC1O[C@H]1CCC. The molecule has 1 heteroatoms. The highest BCUT2D eigenvalue weighted by Gasteiger charge is 2.36. The summed E-state index contributed by atoms with van der Waals surface area (Å²) < 4.78 is 5.46. The molecule has 1 saturated heterocycles. The number of hydrogen-bond donors (Lipinski definition) is 0. The Morgan fingerprint density at radius 1 is 1.00 bits per heavy atom. The Morgan fingerprint density at radius 3 is 2.30 bits per heavy atom. The zero-order valence-corrected chi connectivity index (χ0v) is 7.10. The van der Waals surface area contributed by atoms with Crippen molar-refractivity contribution in [1.29, 1.82) is 0 Å². The van der Waals surface area contributed by atoms with Gasteiger partial charge < -0.3 is 4.74 Å². The first kappa shape index (κ1) is 8.06. The molecule has 0 N–H and O–H groups in total. The van der Waals surface area contributed by atoms with Gasteiger partial charge in [0.1, 0.15) is 0 Å². The smallest absolute Gasteiger partial charge is 0.0841 e. The molecule has 1 heterocycles. The Labute approximate surface area is 63.8 Å². The maximum absolute atomic E-state index is 5.46. The van der Waals surface area contributed by atoms with E-state index in [2.05, 4.69) is 13.8 Å². The molecule has 0 aliphatic carbocycles. The molecule has 60 valence electrons. The zero-order valence-electron chi connectivity index (χ0n) is 7.10. The van der Waals surface area contributed by atoms with E-state index in [1.54, 1.807) is 0 Å². The van der Waals surface area contributed by atoms with Crippen LogP contribution < -0.4 is 0 Å². The van der Waals surface area contributed by atoms with Gasteiger partial charge in [-0.1, -0.05) is 33.1 Å². The van der Waals surface area contributed by atoms with Gasteiger partial charge in [-0.2, -0.15) is 0 Å². The zero-order chi connectivity index (χ0) is 7.40. The Kier molecular flexibility index (Phi) is 3.20. The van der Waals surface area contributed by atoms with Crippen LogP contribution in [0.5, 0.6) is 0 Å². The van der Waals surface area contributed by atoms with Gasteiger partial charge in [0.2, 0.25) is 0 Å². The normalized spacial score (nSPS) is 30.6. The molecule has 2 atom stereocenters. The molecule has 1 aliphatic heterocycles. The maximum Gasteiger partial charge on any atom is 0.0841 e. The van der Waals surface area contributed by atoms with Crippen molar-refractivity contribution in [1.82, 2.24) is 0 Å². The third-order valence-electron chi connectivity index (χ3n) is 2.10. The van der Waals surface area contributed by atoms with Gasteiger partial charge in [0.05, 0.1) is 12.2 Å². The molecule has 1 unspecified atom stereocenters. The quantitative estimate of drug-likeness (QED) is 0.538. The van der Waals surface area contributed by atoms with E-state index in [4.69, 9.17) is 4.74 Å². The highest BCUT2D eigenvalue weighted by atomic mass is 16.6. The fraction of sp³-hybridized carbons (Fsp3) is 1.00. The van der Waals surface area contributed by atoms with Crippen molar-refractivity contribution in [3.05, 3.63) is 0 Å². The summed E-state index contributed by atoms with van der Waals surface area (Å²) in [6, 6.07) is 0. The number of ether oxygens (including phenoxy) is 1. The third-order valence-corrected chi connectivity index (χ3v) is 2.10. The molecule has 1 rings (SSSR count). The van der Waals surface area contributed by atoms with E-state index in [-0.39, 0.29) is 0 Å². The van der Waals surface area contributed by atoms with Crippen LogP contribution in [0.3, 0.4) is 0 Å². The van der Waals surface area contributed by atoms with Crippen LogP contribution in [0.1, 0.15) is 46.0 Å². The van der Waals surface area contributed by atoms with E-state index in [0.717, 1.165) is 0 Å². The number of hydrogen-bond acceptors (Lipinski definition) is 1. The Morgan fingerprint density at radius 2 is 1.70 bits per heavy atom. The molecule has 1 nitrogen and oxygen atoms in total. The molecule has 1 fully saturated rings. The molecule has 0 radical (unpaired) electrons. The van der Waals surface area contributed by atoms with Crippen molar-refractivity contribution < 1.29 is 4.74 Å². The molecule has 0 aromatic rings. The standard InChI is InChI=1S/C9H18O/c1-3-5-7-9-8(10-9)6-4-2/h8-9H,3-7H2,1-2H3/t8-,9?/m0/s1. The lowest BCUT2D eigenvalue weighted by Gasteiger charge is -1.90. The molecule has 0 spiro atoms. The minimum absolute atomic E-state index is 0.636. The average molecular weight is 142 g/mol. The summed E-state index contributed by atoms with van der Waals surface area (Å²) in [6.45, 7) is 4.45. The van der Waals surface area contributed by atoms with Gasteiger partial charge in [0.15, 0.2) is 0 Å². The van der Waals surface area contributed by atoms with Crippen LogP contribution in [-0.4, -0.2) is 12.2 Å². The average Bonchev–Trinajstić information content (AvgIpc) is 2.65. The summed E-state index contributed by atoms with van der Waals surface area (Å²) in [5, 5.41) is 0. The summed E-state index contributed by atoms with van der Waals surface area (Å²) in [5.41, 5.74) is 0. The Balaban J connectivity index is 1.92. The van der Waals surface area contributed by atoms with Crippen LogP contribution in [0.15, 0.2) is 0 Å². The molecule has 0 bridgehead atoms. The van der Waals surface area contributed by atoms with Gasteiger partial charge in [-0.3, -0.25) is 0 Å². The van der Waals surface area contributed by atoms with Crippen molar-refractivity contribution in [2.75, 3.05) is 0 Å². The molecule has 0 amide bonds. The minimum atomic E-state index is 0.636. The molecular weight excluding hydrogens is 124 g/mol. The highest BCUT2D eigenvalue weighted by Crippen LogP contribution is 2.30. The number of rotatable bonds is 5. The van der Waals surface area contributed by atoms with Crippen LogP contribution >= 0.6 is 0 Å². The van der Waals surface area contributed by atoms with Crippen LogP contribution in [0.25, 0.3) is 0 Å². The lowest BCUT2D eigenvalue weighted by atomic mass is 10.1. The lowest BCUT2D eigenvalue weighted by molar-refractivity contribution is 0.352. The predicted octanol–water partition coefficient (Wildman–Crippen LogP) is 2.74. The fourth-order valence-electron chi connectivity index (χ4n) is 1.38. The Bertz CT molecular complexity index is 90.7. The van der Waals surface area contributed by atoms with Crippen LogP contribution in [0.2, 0.25) is 0 Å². The van der Waals surface area contributed by atoms with Gasteiger partial charge in [-0.25, -0.2) is 0 Å². The first-order valence-electron chi connectivity index (χ1n) is 4.54. The van der Waals surface area contributed by atoms with E-state index < -0.39 is 0 Å². The molecule has 1 aliphatic rings. The van der Waals surface area contributed by atoms with Crippen LogP contribution in [-0.2, 0) is 4.74 Å². The largest absolute Gasteiger partial charge is 0.370 e. The van der Waals surface area contributed by atoms with Crippen LogP contribution in [0.4, 0.5) is 0 Å². The molecule has 10 heavy (non-hydrogen) atoms. The lowest BCUT2D eigenvalue weighted by Crippen LogP contribution is -1.92. The summed E-state index contributed by atoms with van der Waals surface area (Å²) in [5.74, 6) is 0. The van der Waals surface area contributed by atoms with E-state index in [1.807, 2.05) is 0 Å². The van der Waals surface area contributed by atoms with Crippen LogP contribution in [0, 0.1) is 0 Å². The van der Waals surface area contributed by atoms with Crippen molar-refractivity contribution in [3.8, 4) is 0 Å². The second kappa shape index (κ2) is 3.97. The second-order valence-electron chi connectivity index (χ2n) is 3.14. The first-order valence-corrected chi connectivity index (χ1v) is 4.54. The first-order chi connectivity index (χ1) is 4.88. The molecule has 0 aromatic heterocycles. The highest BCUT2D eigenvalue weighted by molar-refractivity contribution is 4.83. The molecule has 0 aromatic carbocycles. The summed E-state index contributed by atoms with van der Waals surface area (Å²) >= 11 is 0. The number of epoxide rings is 1. The van der Waals surface area contributed by atoms with Crippen molar-refractivity contribution >= 4 is 0 Å². The number of unbranched alkanes of at least 4 members (excludes halogenated alkanes) is 1. The molecule has 0 saturated carbocycles. The topological polar surface area (TPSA) is 12.5 Å². The van der Waals surface area contributed by atoms with Gasteiger partial charge in [-0.15, -0.1) is 0 Å². The third kappa shape index (κ3) is 2.30. The van der Waals surface area contributed by atoms with Gasteiger partial charge in [0.25, 0.3) is 0 Å². The second-order valence-corrected chi connectivity index (χ2v) is 3.14. The van der Waals surface area contributed by atoms with Gasteiger partial charge in [0, 0.05) is 0 Å². The van der Waals surface area contributed by atoms with E-state index in [0.29, 0.717) is 12.2 Å². The van der Waals surface area contributed by atoms with Crippen molar-refractivity contribution in [2.45, 2.75) is 58.2 Å².